The first-order valence-electron chi connectivity index (χ1n) is 6.50. The summed E-state index contributed by atoms with van der Waals surface area (Å²) in [5.41, 5.74) is 1.38. The Kier molecular flexibility index (Phi) is 5.07. The number of nitrogens with zero attached hydrogens (tertiary/aromatic N) is 1. The van der Waals surface area contributed by atoms with Crippen LogP contribution in [0.1, 0.15) is 5.56 Å². The molecule has 0 saturated carbocycles. The third-order valence-electron chi connectivity index (χ3n) is 2.94. The SMILES string of the molecule is Cc1cc(NC(=O)C(=O)Nc2cccc([N+](=O)[O-])c2)ccc1Br. The van der Waals surface area contributed by atoms with Crippen molar-refractivity contribution >= 4 is 44.8 Å². The fraction of sp³-hybridized carbons (Fsp3) is 0.0667. The standard InChI is InChI=1S/C15H12BrN3O4/c1-9-7-11(5-6-13(9)16)18-15(21)14(20)17-10-3-2-4-12(8-10)19(22)23/h2-8H,1H3,(H,17,20)(H,18,21). The summed E-state index contributed by atoms with van der Waals surface area (Å²) in [7, 11) is 0. The second-order valence-corrected chi connectivity index (χ2v) is 5.53. The van der Waals surface area contributed by atoms with Crippen LogP contribution in [0.5, 0.6) is 0 Å². The second-order valence-electron chi connectivity index (χ2n) is 4.68. The summed E-state index contributed by atoms with van der Waals surface area (Å²) in [5, 5.41) is 15.5. The number of nitrogens with one attached hydrogen (secondary N) is 2. The number of halogens is 1. The molecular weight excluding hydrogens is 366 g/mol. The molecule has 0 aliphatic carbocycles. The summed E-state index contributed by atoms with van der Waals surface area (Å²) in [6, 6.07) is 10.5. The van der Waals surface area contributed by atoms with Crippen LogP contribution in [0, 0.1) is 17.0 Å². The van der Waals surface area contributed by atoms with Crippen molar-refractivity contribution in [3.05, 3.63) is 62.6 Å². The molecule has 8 heteroatoms. The number of carbonyl (C=O) groups is 2. The lowest BCUT2D eigenvalue weighted by atomic mass is 10.2. The Morgan fingerprint density at radius 1 is 1.04 bits per heavy atom. The van der Waals surface area contributed by atoms with Crippen molar-refractivity contribution in [1.29, 1.82) is 0 Å². The van der Waals surface area contributed by atoms with E-state index in [0.717, 1.165) is 10.0 Å². The minimum atomic E-state index is -0.911. The van der Waals surface area contributed by atoms with Crippen LogP contribution in [0.3, 0.4) is 0 Å². The van der Waals surface area contributed by atoms with E-state index in [2.05, 4.69) is 26.6 Å². The van der Waals surface area contributed by atoms with Crippen LogP contribution in [-0.2, 0) is 9.59 Å². The van der Waals surface area contributed by atoms with Crippen LogP contribution >= 0.6 is 15.9 Å². The van der Waals surface area contributed by atoms with Crippen molar-refractivity contribution < 1.29 is 14.5 Å². The molecule has 2 N–H and O–H groups in total. The first kappa shape index (κ1) is 16.6. The third-order valence-corrected chi connectivity index (χ3v) is 3.83. The zero-order chi connectivity index (χ0) is 17.0. The van der Waals surface area contributed by atoms with E-state index in [0.29, 0.717) is 5.69 Å². The highest BCUT2D eigenvalue weighted by Gasteiger charge is 2.15. The van der Waals surface area contributed by atoms with E-state index in [1.54, 1.807) is 18.2 Å². The molecule has 0 heterocycles. The van der Waals surface area contributed by atoms with Gasteiger partial charge in [-0.2, -0.15) is 0 Å². The zero-order valence-electron chi connectivity index (χ0n) is 12.0. The molecule has 118 valence electrons. The van der Waals surface area contributed by atoms with Gasteiger partial charge in [-0.1, -0.05) is 22.0 Å². The number of amides is 2. The molecule has 0 radical (unpaired) electrons. The summed E-state index contributed by atoms with van der Waals surface area (Å²) >= 11 is 3.34. The average Bonchev–Trinajstić information content (AvgIpc) is 2.51. The van der Waals surface area contributed by atoms with E-state index in [4.69, 9.17) is 0 Å². The first-order chi connectivity index (χ1) is 10.9. The topological polar surface area (TPSA) is 101 Å². The van der Waals surface area contributed by atoms with Crippen molar-refractivity contribution in [2.45, 2.75) is 6.92 Å². The van der Waals surface area contributed by atoms with Crippen LogP contribution in [0.15, 0.2) is 46.9 Å². The van der Waals surface area contributed by atoms with Crippen molar-refractivity contribution in [1.82, 2.24) is 0 Å². The molecule has 2 amide bonds. The Labute approximate surface area is 140 Å². The Bertz CT molecular complexity index is 792. The lowest BCUT2D eigenvalue weighted by Gasteiger charge is -2.08. The lowest BCUT2D eigenvalue weighted by molar-refractivity contribution is -0.384. The molecule has 0 fully saturated rings. The number of hydrogen-bond donors (Lipinski definition) is 2. The van der Waals surface area contributed by atoms with Gasteiger partial charge in [0.05, 0.1) is 4.92 Å². The Balaban J connectivity index is 2.05. The quantitative estimate of drug-likeness (QED) is 0.486. The molecule has 7 nitrogen and oxygen atoms in total. The van der Waals surface area contributed by atoms with Crippen LogP contribution in [0.25, 0.3) is 0 Å². The molecule has 0 saturated heterocycles. The van der Waals surface area contributed by atoms with Crippen LogP contribution in [0.4, 0.5) is 17.1 Å². The molecule has 0 aliphatic rings. The van der Waals surface area contributed by atoms with Gasteiger partial charge in [0.2, 0.25) is 0 Å². The predicted octanol–water partition coefficient (Wildman–Crippen LogP) is 3.24. The fourth-order valence-corrected chi connectivity index (χ4v) is 2.04. The van der Waals surface area contributed by atoms with Crippen molar-refractivity contribution in [3.63, 3.8) is 0 Å². The highest BCUT2D eigenvalue weighted by atomic mass is 79.9. The largest absolute Gasteiger partial charge is 0.318 e. The highest BCUT2D eigenvalue weighted by Crippen LogP contribution is 2.20. The normalized spacial score (nSPS) is 10.0. The van der Waals surface area contributed by atoms with Crippen LogP contribution < -0.4 is 10.6 Å². The van der Waals surface area contributed by atoms with Gasteiger partial charge >= 0.3 is 11.8 Å². The maximum atomic E-state index is 11.9. The number of nitro groups is 1. The van der Waals surface area contributed by atoms with Gasteiger partial charge in [-0.3, -0.25) is 19.7 Å². The van der Waals surface area contributed by atoms with Crippen molar-refractivity contribution in [2.24, 2.45) is 0 Å². The van der Waals surface area contributed by atoms with Crippen LogP contribution in [-0.4, -0.2) is 16.7 Å². The number of hydrogen-bond acceptors (Lipinski definition) is 4. The maximum absolute atomic E-state index is 11.9. The molecule has 23 heavy (non-hydrogen) atoms. The minimum Gasteiger partial charge on any atom is -0.318 e. The second kappa shape index (κ2) is 7.01. The zero-order valence-corrected chi connectivity index (χ0v) is 13.6. The van der Waals surface area contributed by atoms with Gasteiger partial charge in [0.25, 0.3) is 5.69 Å². The van der Waals surface area contributed by atoms with E-state index >= 15 is 0 Å². The number of anilines is 2. The number of aryl methyl sites for hydroxylation is 1. The van der Waals surface area contributed by atoms with Gasteiger partial charge in [0, 0.05) is 28.0 Å². The van der Waals surface area contributed by atoms with E-state index in [9.17, 15) is 19.7 Å². The Hall–Kier alpha value is -2.74. The van der Waals surface area contributed by atoms with Crippen LogP contribution in [0.2, 0.25) is 0 Å². The van der Waals surface area contributed by atoms with E-state index < -0.39 is 16.7 Å². The van der Waals surface area contributed by atoms with Gasteiger partial charge in [-0.05, 0) is 36.8 Å². The molecule has 0 unspecified atom stereocenters. The van der Waals surface area contributed by atoms with Crippen molar-refractivity contribution in [3.8, 4) is 0 Å². The smallest absolute Gasteiger partial charge is 0.314 e. The van der Waals surface area contributed by atoms with Gasteiger partial charge in [-0.25, -0.2) is 0 Å². The Morgan fingerprint density at radius 2 is 1.65 bits per heavy atom. The van der Waals surface area contributed by atoms with E-state index in [1.807, 2.05) is 6.92 Å². The third kappa shape index (κ3) is 4.36. The molecule has 0 atom stereocenters. The monoisotopic (exact) mass is 377 g/mol. The van der Waals surface area contributed by atoms with Gasteiger partial charge in [-0.15, -0.1) is 0 Å². The molecule has 2 rings (SSSR count). The first-order valence-corrected chi connectivity index (χ1v) is 7.29. The molecule has 0 aliphatic heterocycles. The lowest BCUT2D eigenvalue weighted by Crippen LogP contribution is -2.29. The summed E-state index contributed by atoms with van der Waals surface area (Å²) in [5.74, 6) is -1.77. The van der Waals surface area contributed by atoms with Crippen molar-refractivity contribution in [2.75, 3.05) is 10.6 Å². The minimum absolute atomic E-state index is 0.173. The average molecular weight is 378 g/mol. The molecule has 2 aromatic rings. The summed E-state index contributed by atoms with van der Waals surface area (Å²) in [6.07, 6.45) is 0. The van der Waals surface area contributed by atoms with Gasteiger partial charge in [0.1, 0.15) is 0 Å². The molecule has 0 spiro atoms. The predicted molar refractivity (Wildman–Crippen MR) is 89.2 cm³/mol. The number of benzene rings is 2. The van der Waals surface area contributed by atoms with E-state index in [1.165, 1.54) is 24.3 Å². The van der Waals surface area contributed by atoms with Gasteiger partial charge < -0.3 is 10.6 Å². The summed E-state index contributed by atoms with van der Waals surface area (Å²) in [6.45, 7) is 1.85. The van der Waals surface area contributed by atoms with E-state index in [-0.39, 0.29) is 11.4 Å². The Morgan fingerprint density at radius 3 is 2.22 bits per heavy atom. The van der Waals surface area contributed by atoms with Gasteiger partial charge in [0.15, 0.2) is 0 Å². The summed E-state index contributed by atoms with van der Waals surface area (Å²) in [4.78, 5) is 33.8. The maximum Gasteiger partial charge on any atom is 0.314 e. The number of rotatable bonds is 3. The molecule has 0 aromatic heterocycles. The summed E-state index contributed by atoms with van der Waals surface area (Å²) < 4.78 is 0.886. The number of non-ortho nitro benzene ring substituents is 1. The highest BCUT2D eigenvalue weighted by molar-refractivity contribution is 9.10. The number of carbonyl (C=O) groups excluding carboxylic acids is 2. The number of nitro benzene ring substituents is 1. The molecule has 0 bridgehead atoms. The molecule has 2 aromatic carbocycles. The molecular formula is C15H12BrN3O4. The fourth-order valence-electron chi connectivity index (χ4n) is 1.80.